The maximum Gasteiger partial charge on any atom is 0.303 e. The molecule has 0 saturated carbocycles. The van der Waals surface area contributed by atoms with Crippen LogP contribution in [0.3, 0.4) is 0 Å². The second kappa shape index (κ2) is 5.55. The van der Waals surface area contributed by atoms with Gasteiger partial charge >= 0.3 is 5.97 Å². The van der Waals surface area contributed by atoms with E-state index in [1.165, 1.54) is 5.56 Å². The summed E-state index contributed by atoms with van der Waals surface area (Å²) in [6.07, 6.45) is -0.0510. The van der Waals surface area contributed by atoms with Gasteiger partial charge in [-0.05, 0) is 36.0 Å². The highest BCUT2D eigenvalue weighted by Gasteiger charge is 2.19. The molecule has 0 aromatic heterocycles. The Kier molecular flexibility index (Phi) is 4.51. The minimum Gasteiger partial charge on any atom is -0.481 e. The molecule has 1 aromatic carbocycles. The van der Waals surface area contributed by atoms with Crippen LogP contribution in [-0.4, -0.2) is 16.9 Å². The van der Waals surface area contributed by atoms with Crippen LogP contribution in [0.25, 0.3) is 0 Å². The molecule has 0 heterocycles. The lowest BCUT2D eigenvalue weighted by Gasteiger charge is -2.22. The summed E-state index contributed by atoms with van der Waals surface area (Å²) in [5.41, 5.74) is 3.77. The van der Waals surface area contributed by atoms with Gasteiger partial charge in [-0.2, -0.15) is 0 Å². The maximum atomic E-state index is 12.1. The Hall–Kier alpha value is -1.64. The van der Waals surface area contributed by atoms with Gasteiger partial charge in [0.2, 0.25) is 0 Å². The zero-order valence-corrected chi connectivity index (χ0v) is 12.3. The molecule has 0 spiro atoms. The lowest BCUT2D eigenvalue weighted by molar-refractivity contribution is -0.136. The van der Waals surface area contributed by atoms with Gasteiger partial charge in [-0.25, -0.2) is 0 Å². The quantitative estimate of drug-likeness (QED) is 0.843. The fourth-order valence-electron chi connectivity index (χ4n) is 2.18. The molecule has 0 bridgehead atoms. The monoisotopic (exact) mass is 262 g/mol. The van der Waals surface area contributed by atoms with Crippen LogP contribution in [-0.2, 0) is 10.2 Å². The predicted octanol–water partition coefficient (Wildman–Crippen LogP) is 3.65. The summed E-state index contributed by atoms with van der Waals surface area (Å²) in [6, 6.07) is 4.06. The third kappa shape index (κ3) is 3.91. The average molecular weight is 262 g/mol. The molecule has 3 nitrogen and oxygen atoms in total. The molecule has 3 heteroatoms. The Balaban J connectivity index is 3.10. The highest BCUT2D eigenvalue weighted by Crippen LogP contribution is 2.27. The number of aryl methyl sites for hydroxylation is 2. The number of aliphatic carboxylic acids is 1. The van der Waals surface area contributed by atoms with Gasteiger partial charge in [-0.1, -0.05) is 32.9 Å². The molecule has 0 fully saturated rings. The van der Waals surface area contributed by atoms with E-state index in [1.807, 2.05) is 26.0 Å². The van der Waals surface area contributed by atoms with Crippen molar-refractivity contribution >= 4 is 11.8 Å². The number of carboxylic acid groups (broad SMARTS) is 1. The van der Waals surface area contributed by atoms with Crippen LogP contribution in [0.4, 0.5) is 0 Å². The summed E-state index contributed by atoms with van der Waals surface area (Å²) in [6.45, 7) is 10.2. The van der Waals surface area contributed by atoms with Crippen molar-refractivity contribution < 1.29 is 14.7 Å². The molecular formula is C16H22O3. The Labute approximate surface area is 114 Å². The Morgan fingerprint density at radius 2 is 1.53 bits per heavy atom. The van der Waals surface area contributed by atoms with Gasteiger partial charge in [0.25, 0.3) is 0 Å². The van der Waals surface area contributed by atoms with Gasteiger partial charge in [0.05, 0.1) is 6.42 Å². The number of Topliss-reactive ketones (excluding diaryl/α,β-unsaturated/α-hetero) is 1. The second-order valence-corrected chi connectivity index (χ2v) is 6.05. The summed E-state index contributed by atoms with van der Waals surface area (Å²) in [5, 5.41) is 8.65. The molecule has 104 valence electrons. The molecule has 1 rings (SSSR count). The molecule has 0 aliphatic heterocycles. The molecule has 0 aliphatic rings. The van der Waals surface area contributed by atoms with Crippen LogP contribution >= 0.6 is 0 Å². The van der Waals surface area contributed by atoms with Crippen molar-refractivity contribution in [3.63, 3.8) is 0 Å². The molecule has 0 radical (unpaired) electrons. The van der Waals surface area contributed by atoms with Gasteiger partial charge in [-0.15, -0.1) is 0 Å². The first kappa shape index (κ1) is 15.4. The van der Waals surface area contributed by atoms with Crippen molar-refractivity contribution in [2.45, 2.75) is 52.9 Å². The van der Waals surface area contributed by atoms with E-state index >= 15 is 0 Å². The molecule has 0 atom stereocenters. The minimum atomic E-state index is -0.935. The van der Waals surface area contributed by atoms with Crippen molar-refractivity contribution in [3.05, 3.63) is 34.4 Å². The van der Waals surface area contributed by atoms with E-state index in [-0.39, 0.29) is 24.0 Å². The van der Waals surface area contributed by atoms with E-state index in [1.54, 1.807) is 0 Å². The molecule has 19 heavy (non-hydrogen) atoms. The fourth-order valence-corrected chi connectivity index (χ4v) is 2.18. The number of hydrogen-bond acceptors (Lipinski definition) is 2. The van der Waals surface area contributed by atoms with Crippen LogP contribution < -0.4 is 0 Å². The van der Waals surface area contributed by atoms with E-state index < -0.39 is 5.97 Å². The van der Waals surface area contributed by atoms with Gasteiger partial charge in [0, 0.05) is 12.0 Å². The second-order valence-electron chi connectivity index (χ2n) is 6.05. The summed E-state index contributed by atoms with van der Waals surface area (Å²) in [4.78, 5) is 22.6. The minimum absolute atomic E-state index is 0.0398. The lowest BCUT2D eigenvalue weighted by atomic mass is 9.83. The van der Waals surface area contributed by atoms with E-state index in [4.69, 9.17) is 5.11 Å². The first-order chi connectivity index (χ1) is 8.62. The van der Waals surface area contributed by atoms with Crippen LogP contribution in [0.2, 0.25) is 0 Å². The molecule has 0 unspecified atom stereocenters. The summed E-state index contributed by atoms with van der Waals surface area (Å²) >= 11 is 0. The first-order valence-electron chi connectivity index (χ1n) is 6.49. The average Bonchev–Trinajstić information content (AvgIpc) is 2.24. The molecule has 0 aliphatic carbocycles. The van der Waals surface area contributed by atoms with E-state index in [2.05, 4.69) is 20.8 Å². The number of carbonyl (C=O) groups is 2. The van der Waals surface area contributed by atoms with Crippen molar-refractivity contribution in [2.24, 2.45) is 0 Å². The normalized spacial score (nSPS) is 11.4. The molecule has 0 amide bonds. The number of rotatable bonds is 4. The third-order valence-electron chi connectivity index (χ3n) is 3.24. The number of carbonyl (C=O) groups excluding carboxylic acids is 1. The maximum absolute atomic E-state index is 12.1. The fraction of sp³-hybridized carbons (Fsp3) is 0.500. The lowest BCUT2D eigenvalue weighted by Crippen LogP contribution is -2.14. The number of benzene rings is 1. The van der Waals surface area contributed by atoms with Crippen LogP contribution in [0.1, 0.15) is 60.7 Å². The van der Waals surface area contributed by atoms with E-state index in [0.717, 1.165) is 11.1 Å². The predicted molar refractivity (Wildman–Crippen MR) is 75.8 cm³/mol. The van der Waals surface area contributed by atoms with Crippen LogP contribution in [0, 0.1) is 13.8 Å². The highest BCUT2D eigenvalue weighted by molar-refractivity contribution is 6.00. The number of carboxylic acids is 1. The van der Waals surface area contributed by atoms with Crippen molar-refractivity contribution in [1.29, 1.82) is 0 Å². The van der Waals surface area contributed by atoms with E-state index in [9.17, 15) is 9.59 Å². The molecule has 0 saturated heterocycles. The largest absolute Gasteiger partial charge is 0.481 e. The Bertz CT molecular complexity index is 484. The van der Waals surface area contributed by atoms with E-state index in [0.29, 0.717) is 5.56 Å². The molecular weight excluding hydrogens is 240 g/mol. The third-order valence-corrected chi connectivity index (χ3v) is 3.24. The number of ketones is 1. The Morgan fingerprint density at radius 1 is 1.05 bits per heavy atom. The summed E-state index contributed by atoms with van der Waals surface area (Å²) in [7, 11) is 0. The zero-order valence-electron chi connectivity index (χ0n) is 12.3. The van der Waals surface area contributed by atoms with Gasteiger partial charge in [0.1, 0.15) is 0 Å². The summed E-state index contributed by atoms with van der Waals surface area (Å²) < 4.78 is 0. The van der Waals surface area contributed by atoms with Crippen molar-refractivity contribution in [3.8, 4) is 0 Å². The van der Waals surface area contributed by atoms with Gasteiger partial charge in [-0.3, -0.25) is 9.59 Å². The zero-order chi connectivity index (χ0) is 14.8. The SMILES string of the molecule is Cc1cc(C(C)(C)C)cc(C)c1C(=O)CCC(=O)O. The smallest absolute Gasteiger partial charge is 0.303 e. The van der Waals surface area contributed by atoms with Crippen molar-refractivity contribution in [1.82, 2.24) is 0 Å². The standard InChI is InChI=1S/C16H22O3/c1-10-8-12(16(3,4)5)9-11(2)15(10)13(17)6-7-14(18)19/h8-9H,6-7H2,1-5H3,(H,18,19). The Morgan fingerprint density at radius 3 is 1.89 bits per heavy atom. The van der Waals surface area contributed by atoms with Crippen LogP contribution in [0.15, 0.2) is 12.1 Å². The van der Waals surface area contributed by atoms with Crippen LogP contribution in [0.5, 0.6) is 0 Å². The molecule has 1 aromatic rings. The highest BCUT2D eigenvalue weighted by atomic mass is 16.4. The number of hydrogen-bond donors (Lipinski definition) is 1. The first-order valence-corrected chi connectivity index (χ1v) is 6.49. The molecule has 1 N–H and O–H groups in total. The summed E-state index contributed by atoms with van der Waals surface area (Å²) in [5.74, 6) is -1.02. The topological polar surface area (TPSA) is 54.4 Å². The van der Waals surface area contributed by atoms with Crippen molar-refractivity contribution in [2.75, 3.05) is 0 Å². The van der Waals surface area contributed by atoms with Gasteiger partial charge < -0.3 is 5.11 Å². The van der Waals surface area contributed by atoms with Gasteiger partial charge in [0.15, 0.2) is 5.78 Å².